The van der Waals surface area contributed by atoms with Crippen LogP contribution in [0, 0.1) is 0 Å². The molecule has 4 heteroatoms. The van der Waals surface area contributed by atoms with Gasteiger partial charge >= 0.3 is 5.97 Å². The molecule has 0 bridgehead atoms. The Labute approximate surface area is 101 Å². The summed E-state index contributed by atoms with van der Waals surface area (Å²) in [5.74, 6) is 0.598. The van der Waals surface area contributed by atoms with E-state index in [2.05, 4.69) is 17.1 Å². The van der Waals surface area contributed by atoms with E-state index in [4.69, 9.17) is 4.74 Å². The van der Waals surface area contributed by atoms with E-state index in [0.29, 0.717) is 6.61 Å². The zero-order valence-electron chi connectivity index (χ0n) is 9.93. The molecule has 0 saturated carbocycles. The van der Waals surface area contributed by atoms with Gasteiger partial charge in [0, 0.05) is 18.0 Å². The van der Waals surface area contributed by atoms with Gasteiger partial charge in [0.2, 0.25) is 0 Å². The fourth-order valence-electron chi connectivity index (χ4n) is 1.82. The summed E-state index contributed by atoms with van der Waals surface area (Å²) in [5.41, 5.74) is 1.07. The zero-order valence-corrected chi connectivity index (χ0v) is 9.93. The van der Waals surface area contributed by atoms with Crippen LogP contribution < -0.4 is 0 Å². The lowest BCUT2D eigenvalue weighted by Crippen LogP contribution is -2.14. The quantitative estimate of drug-likeness (QED) is 0.747. The van der Waals surface area contributed by atoms with Crippen molar-refractivity contribution >= 4 is 11.5 Å². The molecule has 90 valence electrons. The van der Waals surface area contributed by atoms with Crippen molar-refractivity contribution in [1.29, 1.82) is 0 Å². The van der Waals surface area contributed by atoms with Crippen molar-refractivity contribution in [2.24, 2.45) is 0 Å². The monoisotopic (exact) mass is 232 g/mol. The zero-order chi connectivity index (χ0) is 12.1. The largest absolute Gasteiger partial charge is 0.465 e. The normalized spacial score (nSPS) is 14.5. The van der Waals surface area contributed by atoms with Crippen molar-refractivity contribution in [3.05, 3.63) is 36.4 Å². The summed E-state index contributed by atoms with van der Waals surface area (Å²) in [5, 5.41) is 0. The Bertz CT molecular complexity index is 458. The van der Waals surface area contributed by atoms with Crippen LogP contribution in [0.3, 0.4) is 0 Å². The van der Waals surface area contributed by atoms with Crippen LogP contribution in [-0.4, -0.2) is 22.1 Å². The lowest BCUT2D eigenvalue weighted by molar-refractivity contribution is -0.143. The summed E-state index contributed by atoms with van der Waals surface area (Å²) in [6.07, 6.45) is 11.9. The van der Waals surface area contributed by atoms with Gasteiger partial charge in [0.1, 0.15) is 12.4 Å². The Morgan fingerprint density at radius 3 is 3.12 bits per heavy atom. The molecular formula is C13H16N2O2. The number of ether oxygens (including phenoxy) is 1. The van der Waals surface area contributed by atoms with Gasteiger partial charge in [-0.2, -0.15) is 0 Å². The van der Waals surface area contributed by atoms with Crippen LogP contribution in [0.4, 0.5) is 0 Å². The molecule has 17 heavy (non-hydrogen) atoms. The lowest BCUT2D eigenvalue weighted by atomic mass is 10.1. The Morgan fingerprint density at radius 2 is 2.41 bits per heavy atom. The Hall–Kier alpha value is -1.84. The molecule has 1 aliphatic carbocycles. The summed E-state index contributed by atoms with van der Waals surface area (Å²) >= 11 is 0. The first-order chi connectivity index (χ1) is 8.31. The molecule has 4 nitrogen and oxygen atoms in total. The standard InChI is InChI=1S/C13H16N2O2/c1-2-17-12(16)10-15-9-8-14-13(15)11-6-4-3-5-7-11/h4,6-9H,2-3,5,10H2,1H3. The second-order valence-electron chi connectivity index (χ2n) is 3.82. The Balaban J connectivity index is 2.14. The molecule has 1 aromatic heterocycles. The highest BCUT2D eigenvalue weighted by Gasteiger charge is 2.11. The summed E-state index contributed by atoms with van der Waals surface area (Å²) in [7, 11) is 0. The fourth-order valence-corrected chi connectivity index (χ4v) is 1.82. The van der Waals surface area contributed by atoms with Gasteiger partial charge in [0.15, 0.2) is 0 Å². The number of rotatable bonds is 4. The summed E-state index contributed by atoms with van der Waals surface area (Å²) in [6, 6.07) is 0. The van der Waals surface area contributed by atoms with E-state index < -0.39 is 0 Å². The van der Waals surface area contributed by atoms with Gasteiger partial charge in [-0.15, -0.1) is 0 Å². The molecule has 0 N–H and O–H groups in total. The molecule has 0 fully saturated rings. The molecule has 1 heterocycles. The fraction of sp³-hybridized carbons (Fsp3) is 0.385. The molecular weight excluding hydrogens is 216 g/mol. The van der Waals surface area contributed by atoms with E-state index in [9.17, 15) is 4.79 Å². The minimum absolute atomic E-state index is 0.217. The highest BCUT2D eigenvalue weighted by atomic mass is 16.5. The van der Waals surface area contributed by atoms with Crippen LogP contribution in [0.2, 0.25) is 0 Å². The maximum absolute atomic E-state index is 11.4. The average molecular weight is 232 g/mol. The van der Waals surface area contributed by atoms with Crippen LogP contribution in [-0.2, 0) is 16.1 Å². The third kappa shape index (κ3) is 2.84. The average Bonchev–Trinajstić information content (AvgIpc) is 2.78. The van der Waals surface area contributed by atoms with Crippen molar-refractivity contribution in [2.75, 3.05) is 6.61 Å². The molecule has 2 rings (SSSR count). The van der Waals surface area contributed by atoms with Crippen molar-refractivity contribution in [2.45, 2.75) is 26.3 Å². The maximum Gasteiger partial charge on any atom is 0.325 e. The molecule has 1 aliphatic rings. The number of esters is 1. The molecule has 1 aromatic rings. The molecule has 0 aromatic carbocycles. The molecule has 0 amide bonds. The number of carbonyl (C=O) groups excluding carboxylic acids is 1. The minimum atomic E-state index is -0.230. The van der Waals surface area contributed by atoms with Crippen LogP contribution >= 0.6 is 0 Å². The molecule has 0 spiro atoms. The van der Waals surface area contributed by atoms with Crippen molar-refractivity contribution in [3.8, 4) is 0 Å². The SMILES string of the molecule is CCOC(=O)Cn1ccnc1C1=CCCC=C1. The van der Waals surface area contributed by atoms with Crippen LogP contribution in [0.5, 0.6) is 0 Å². The Morgan fingerprint density at radius 1 is 1.53 bits per heavy atom. The van der Waals surface area contributed by atoms with E-state index in [1.807, 2.05) is 10.6 Å². The van der Waals surface area contributed by atoms with Crippen LogP contribution in [0.15, 0.2) is 30.6 Å². The number of allylic oxidation sites excluding steroid dienone is 4. The van der Waals surface area contributed by atoms with Gasteiger partial charge in [0.25, 0.3) is 0 Å². The van der Waals surface area contributed by atoms with Crippen LogP contribution in [0.25, 0.3) is 5.57 Å². The van der Waals surface area contributed by atoms with Gasteiger partial charge < -0.3 is 9.30 Å². The highest BCUT2D eigenvalue weighted by molar-refractivity contribution is 5.73. The van der Waals surface area contributed by atoms with Crippen molar-refractivity contribution in [3.63, 3.8) is 0 Å². The van der Waals surface area contributed by atoms with Gasteiger partial charge in [-0.05, 0) is 19.8 Å². The highest BCUT2D eigenvalue weighted by Crippen LogP contribution is 2.19. The predicted molar refractivity (Wildman–Crippen MR) is 65.2 cm³/mol. The second kappa shape index (κ2) is 5.48. The van der Waals surface area contributed by atoms with Crippen molar-refractivity contribution < 1.29 is 9.53 Å². The van der Waals surface area contributed by atoms with E-state index in [0.717, 1.165) is 24.2 Å². The summed E-state index contributed by atoms with van der Waals surface area (Å²) < 4.78 is 6.75. The van der Waals surface area contributed by atoms with E-state index in [1.54, 1.807) is 19.3 Å². The molecule has 0 unspecified atom stereocenters. The molecule has 0 atom stereocenters. The number of carbonyl (C=O) groups is 1. The lowest BCUT2D eigenvalue weighted by Gasteiger charge is -2.10. The number of hydrogen-bond donors (Lipinski definition) is 0. The molecule has 0 radical (unpaired) electrons. The van der Waals surface area contributed by atoms with Gasteiger partial charge in [-0.25, -0.2) is 4.98 Å². The van der Waals surface area contributed by atoms with Gasteiger partial charge in [0.05, 0.1) is 6.61 Å². The number of aromatic nitrogens is 2. The van der Waals surface area contributed by atoms with E-state index in [-0.39, 0.29) is 12.5 Å². The number of hydrogen-bond acceptors (Lipinski definition) is 3. The van der Waals surface area contributed by atoms with E-state index in [1.165, 1.54) is 0 Å². The first-order valence-corrected chi connectivity index (χ1v) is 5.85. The third-order valence-electron chi connectivity index (χ3n) is 2.57. The number of imidazole rings is 1. The van der Waals surface area contributed by atoms with Gasteiger partial charge in [-0.1, -0.05) is 18.2 Å². The Kier molecular flexibility index (Phi) is 3.75. The molecule has 0 saturated heterocycles. The third-order valence-corrected chi connectivity index (χ3v) is 2.57. The topological polar surface area (TPSA) is 44.1 Å². The summed E-state index contributed by atoms with van der Waals surface area (Å²) in [4.78, 5) is 15.7. The first kappa shape index (κ1) is 11.6. The first-order valence-electron chi connectivity index (χ1n) is 5.85. The van der Waals surface area contributed by atoms with E-state index >= 15 is 0 Å². The second-order valence-corrected chi connectivity index (χ2v) is 3.82. The predicted octanol–water partition coefficient (Wildman–Crippen LogP) is 2.18. The van der Waals surface area contributed by atoms with Gasteiger partial charge in [-0.3, -0.25) is 4.79 Å². The molecule has 0 aliphatic heterocycles. The number of nitrogens with zero attached hydrogens (tertiary/aromatic N) is 2. The maximum atomic E-state index is 11.4. The smallest absolute Gasteiger partial charge is 0.325 e. The van der Waals surface area contributed by atoms with Crippen molar-refractivity contribution in [1.82, 2.24) is 9.55 Å². The van der Waals surface area contributed by atoms with Crippen LogP contribution in [0.1, 0.15) is 25.6 Å². The summed E-state index contributed by atoms with van der Waals surface area (Å²) in [6.45, 7) is 2.43. The minimum Gasteiger partial charge on any atom is -0.465 e.